The quantitative estimate of drug-likeness (QED) is 0.773. The molecule has 14 heavy (non-hydrogen) atoms. The molecular formula is C12H17NO. The lowest BCUT2D eigenvalue weighted by Crippen LogP contribution is -2.16. The Labute approximate surface area is 85.3 Å². The minimum atomic E-state index is 0.655. The topological polar surface area (TPSA) is 21.3 Å². The summed E-state index contributed by atoms with van der Waals surface area (Å²) in [5.74, 6) is 1.61. The van der Waals surface area contributed by atoms with Crippen molar-refractivity contribution in [2.24, 2.45) is 0 Å². The highest BCUT2D eigenvalue weighted by Crippen LogP contribution is 2.26. The highest BCUT2D eigenvalue weighted by atomic mass is 16.5. The first-order valence-corrected chi connectivity index (χ1v) is 5.17. The lowest BCUT2D eigenvalue weighted by Gasteiger charge is -2.09. The van der Waals surface area contributed by atoms with Crippen molar-refractivity contribution in [1.29, 1.82) is 0 Å². The van der Waals surface area contributed by atoms with Crippen molar-refractivity contribution in [3.05, 3.63) is 29.8 Å². The standard InChI is InChI=1S/C12H17NO/c1-9-7-11(8-13-9)10-3-5-12(14-2)6-4-10/h3-6,9,11,13H,7-8H2,1-2H3/t9-,11+/m0/s1. The Morgan fingerprint density at radius 2 is 2.00 bits per heavy atom. The van der Waals surface area contributed by atoms with Crippen molar-refractivity contribution in [2.75, 3.05) is 13.7 Å². The maximum absolute atomic E-state index is 5.14. The fraction of sp³-hybridized carbons (Fsp3) is 0.500. The number of rotatable bonds is 2. The maximum atomic E-state index is 5.14. The molecule has 1 heterocycles. The van der Waals surface area contributed by atoms with Gasteiger partial charge in [0.1, 0.15) is 5.75 Å². The van der Waals surface area contributed by atoms with E-state index in [1.165, 1.54) is 12.0 Å². The van der Waals surface area contributed by atoms with Gasteiger partial charge >= 0.3 is 0 Å². The Bertz CT molecular complexity index is 294. The van der Waals surface area contributed by atoms with Crippen molar-refractivity contribution >= 4 is 0 Å². The van der Waals surface area contributed by atoms with Crippen molar-refractivity contribution in [3.63, 3.8) is 0 Å². The molecule has 0 spiro atoms. The first-order chi connectivity index (χ1) is 6.79. The predicted octanol–water partition coefficient (Wildman–Crippen LogP) is 2.16. The van der Waals surface area contributed by atoms with E-state index in [2.05, 4.69) is 24.4 Å². The van der Waals surface area contributed by atoms with Gasteiger partial charge in [0.25, 0.3) is 0 Å². The minimum absolute atomic E-state index is 0.655. The molecule has 1 aliphatic rings. The van der Waals surface area contributed by atoms with E-state index in [1.54, 1.807) is 7.11 Å². The van der Waals surface area contributed by atoms with Crippen LogP contribution in [-0.4, -0.2) is 19.7 Å². The van der Waals surface area contributed by atoms with Crippen LogP contribution in [0.1, 0.15) is 24.8 Å². The first-order valence-electron chi connectivity index (χ1n) is 5.17. The molecule has 1 fully saturated rings. The first kappa shape index (κ1) is 9.53. The summed E-state index contributed by atoms with van der Waals surface area (Å²) < 4.78 is 5.14. The highest BCUT2D eigenvalue weighted by molar-refractivity contribution is 5.30. The second-order valence-corrected chi connectivity index (χ2v) is 4.02. The molecule has 2 rings (SSSR count). The van der Waals surface area contributed by atoms with Crippen molar-refractivity contribution in [2.45, 2.75) is 25.3 Å². The second kappa shape index (κ2) is 4.01. The zero-order valence-electron chi connectivity index (χ0n) is 8.79. The molecule has 1 aromatic rings. The summed E-state index contributed by atoms with van der Waals surface area (Å²) in [6, 6.07) is 9.07. The van der Waals surface area contributed by atoms with Crippen LogP contribution in [0.5, 0.6) is 5.75 Å². The van der Waals surface area contributed by atoms with Crippen LogP contribution in [-0.2, 0) is 0 Å². The number of hydrogen-bond acceptors (Lipinski definition) is 2. The molecule has 2 nitrogen and oxygen atoms in total. The summed E-state index contributed by atoms with van der Waals surface area (Å²) in [6.07, 6.45) is 1.24. The van der Waals surface area contributed by atoms with Crippen LogP contribution in [0, 0.1) is 0 Å². The van der Waals surface area contributed by atoms with Gasteiger partial charge < -0.3 is 10.1 Å². The summed E-state index contributed by atoms with van der Waals surface area (Å²) in [5.41, 5.74) is 1.42. The van der Waals surface area contributed by atoms with Crippen LogP contribution in [0.2, 0.25) is 0 Å². The van der Waals surface area contributed by atoms with Crippen LogP contribution in [0.4, 0.5) is 0 Å². The lowest BCUT2D eigenvalue weighted by atomic mass is 9.97. The van der Waals surface area contributed by atoms with E-state index in [0.29, 0.717) is 12.0 Å². The van der Waals surface area contributed by atoms with Gasteiger partial charge in [-0.15, -0.1) is 0 Å². The maximum Gasteiger partial charge on any atom is 0.118 e. The molecule has 76 valence electrons. The van der Waals surface area contributed by atoms with Crippen molar-refractivity contribution in [1.82, 2.24) is 5.32 Å². The minimum Gasteiger partial charge on any atom is -0.497 e. The molecule has 0 aliphatic carbocycles. The molecule has 1 saturated heterocycles. The third-order valence-electron chi connectivity index (χ3n) is 2.94. The molecule has 0 bridgehead atoms. The van der Waals surface area contributed by atoms with Gasteiger partial charge in [-0.3, -0.25) is 0 Å². The molecule has 1 aromatic carbocycles. The average molecular weight is 191 g/mol. The zero-order chi connectivity index (χ0) is 9.97. The third kappa shape index (κ3) is 1.90. The van der Waals surface area contributed by atoms with Gasteiger partial charge in [0, 0.05) is 12.6 Å². The smallest absolute Gasteiger partial charge is 0.118 e. The highest BCUT2D eigenvalue weighted by Gasteiger charge is 2.21. The summed E-state index contributed by atoms with van der Waals surface area (Å²) in [5, 5.41) is 3.47. The lowest BCUT2D eigenvalue weighted by molar-refractivity contribution is 0.414. The molecule has 0 unspecified atom stereocenters. The van der Waals surface area contributed by atoms with Gasteiger partial charge in [0.15, 0.2) is 0 Å². The fourth-order valence-electron chi connectivity index (χ4n) is 2.07. The molecule has 1 aliphatic heterocycles. The van der Waals surface area contributed by atoms with E-state index < -0.39 is 0 Å². The largest absolute Gasteiger partial charge is 0.497 e. The third-order valence-corrected chi connectivity index (χ3v) is 2.94. The number of nitrogens with one attached hydrogen (secondary N) is 1. The Kier molecular flexibility index (Phi) is 2.73. The van der Waals surface area contributed by atoms with Crippen molar-refractivity contribution < 1.29 is 4.74 Å². The van der Waals surface area contributed by atoms with Crippen molar-refractivity contribution in [3.8, 4) is 5.75 Å². The average Bonchev–Trinajstić information content (AvgIpc) is 2.65. The Morgan fingerprint density at radius 3 is 2.50 bits per heavy atom. The molecule has 0 amide bonds. The normalized spacial score (nSPS) is 26.4. The monoisotopic (exact) mass is 191 g/mol. The van der Waals surface area contributed by atoms with E-state index in [4.69, 9.17) is 4.74 Å². The second-order valence-electron chi connectivity index (χ2n) is 4.02. The SMILES string of the molecule is COc1ccc([C@H]2CN[C@@H](C)C2)cc1. The molecule has 1 N–H and O–H groups in total. The van der Waals surface area contributed by atoms with Crippen LogP contribution in [0.25, 0.3) is 0 Å². The molecular weight excluding hydrogens is 174 g/mol. The van der Waals surface area contributed by atoms with Gasteiger partial charge in [0.2, 0.25) is 0 Å². The van der Waals surface area contributed by atoms with Gasteiger partial charge in [-0.05, 0) is 37.0 Å². The van der Waals surface area contributed by atoms with Gasteiger partial charge in [-0.2, -0.15) is 0 Å². The summed E-state index contributed by atoms with van der Waals surface area (Å²) in [6.45, 7) is 3.34. The Balaban J connectivity index is 2.09. The van der Waals surface area contributed by atoms with Gasteiger partial charge in [-0.1, -0.05) is 12.1 Å². The van der Waals surface area contributed by atoms with E-state index in [1.807, 2.05) is 12.1 Å². The number of benzene rings is 1. The van der Waals surface area contributed by atoms with Crippen LogP contribution < -0.4 is 10.1 Å². The molecule has 2 atom stereocenters. The molecule has 2 heteroatoms. The van der Waals surface area contributed by atoms with Crippen LogP contribution >= 0.6 is 0 Å². The summed E-state index contributed by atoms with van der Waals surface area (Å²) in [4.78, 5) is 0. The number of ether oxygens (including phenoxy) is 1. The van der Waals surface area contributed by atoms with Gasteiger partial charge in [-0.25, -0.2) is 0 Å². The molecule has 0 radical (unpaired) electrons. The van der Waals surface area contributed by atoms with Gasteiger partial charge in [0.05, 0.1) is 7.11 Å². The zero-order valence-corrected chi connectivity index (χ0v) is 8.79. The van der Waals surface area contributed by atoms with E-state index in [-0.39, 0.29) is 0 Å². The van der Waals surface area contributed by atoms with E-state index >= 15 is 0 Å². The predicted molar refractivity (Wildman–Crippen MR) is 57.8 cm³/mol. The number of methoxy groups -OCH3 is 1. The number of hydrogen-bond donors (Lipinski definition) is 1. The summed E-state index contributed by atoms with van der Waals surface area (Å²) >= 11 is 0. The molecule has 0 saturated carbocycles. The summed E-state index contributed by atoms with van der Waals surface area (Å²) in [7, 11) is 1.70. The Morgan fingerprint density at radius 1 is 1.29 bits per heavy atom. The van der Waals surface area contributed by atoms with E-state index in [0.717, 1.165) is 12.3 Å². The fourth-order valence-corrected chi connectivity index (χ4v) is 2.07. The van der Waals surface area contributed by atoms with Crippen LogP contribution in [0.3, 0.4) is 0 Å². The molecule has 0 aromatic heterocycles. The van der Waals surface area contributed by atoms with E-state index in [9.17, 15) is 0 Å². The van der Waals surface area contributed by atoms with Crippen LogP contribution in [0.15, 0.2) is 24.3 Å². The Hall–Kier alpha value is -1.02.